The van der Waals surface area contributed by atoms with Gasteiger partial charge in [-0.3, -0.25) is 24.5 Å². The van der Waals surface area contributed by atoms with Crippen molar-refractivity contribution < 1.29 is 19.3 Å². The lowest BCUT2D eigenvalue weighted by Gasteiger charge is -2.28. The molecule has 0 N–H and O–H groups in total. The Labute approximate surface area is 204 Å². The lowest BCUT2D eigenvalue weighted by Crippen LogP contribution is -2.45. The van der Waals surface area contributed by atoms with E-state index in [0.29, 0.717) is 16.3 Å². The van der Waals surface area contributed by atoms with Crippen molar-refractivity contribution in [3.63, 3.8) is 0 Å². The van der Waals surface area contributed by atoms with Crippen molar-refractivity contribution in [2.75, 3.05) is 4.90 Å². The maximum atomic E-state index is 13.6. The molecule has 1 atom stereocenters. The number of nitro groups is 1. The number of hydrogen-bond donors (Lipinski definition) is 0. The molecule has 1 aliphatic rings. The molecule has 1 unspecified atom stereocenters. The number of carbonyl (C=O) groups is 3. The van der Waals surface area contributed by atoms with Crippen LogP contribution in [0.5, 0.6) is 0 Å². The summed E-state index contributed by atoms with van der Waals surface area (Å²) in [6, 6.07) is 17.7. The Morgan fingerprint density at radius 3 is 2.35 bits per heavy atom. The van der Waals surface area contributed by atoms with Crippen molar-refractivity contribution in [1.29, 1.82) is 0 Å². The van der Waals surface area contributed by atoms with E-state index in [1.807, 2.05) is 0 Å². The van der Waals surface area contributed by atoms with Crippen LogP contribution in [0.25, 0.3) is 0 Å². The highest BCUT2D eigenvalue weighted by Crippen LogP contribution is 2.31. The summed E-state index contributed by atoms with van der Waals surface area (Å²) in [4.78, 5) is 52.6. The van der Waals surface area contributed by atoms with E-state index in [0.717, 1.165) is 11.0 Å². The molecule has 1 heterocycles. The molecule has 3 aromatic carbocycles. The van der Waals surface area contributed by atoms with Gasteiger partial charge in [-0.25, -0.2) is 4.90 Å². The average Bonchev–Trinajstić information content (AvgIpc) is 3.12. The third kappa shape index (κ3) is 4.50. The summed E-state index contributed by atoms with van der Waals surface area (Å²) in [5.74, 6) is -1.69. The normalized spacial score (nSPS) is 15.5. The predicted octanol–water partition coefficient (Wildman–Crippen LogP) is 4.88. The molecule has 0 radical (unpaired) electrons. The second-order valence-corrected chi connectivity index (χ2v) is 8.39. The minimum atomic E-state index is -1.12. The highest BCUT2D eigenvalue weighted by molar-refractivity contribution is 6.33. The number of imide groups is 1. The number of benzene rings is 3. The van der Waals surface area contributed by atoms with Gasteiger partial charge in [0.1, 0.15) is 11.1 Å². The minimum Gasteiger partial charge on any atom is -0.322 e. The third-order valence-corrected chi connectivity index (χ3v) is 6.15. The molecule has 1 saturated heterocycles. The Morgan fingerprint density at radius 1 is 1.00 bits per heavy atom. The molecule has 34 heavy (non-hydrogen) atoms. The summed E-state index contributed by atoms with van der Waals surface area (Å²) in [7, 11) is 0. The number of amides is 3. The van der Waals surface area contributed by atoms with E-state index < -0.39 is 34.4 Å². The predicted molar refractivity (Wildman–Crippen MR) is 127 cm³/mol. The average molecular weight is 498 g/mol. The van der Waals surface area contributed by atoms with Gasteiger partial charge in [-0.2, -0.15) is 0 Å². The van der Waals surface area contributed by atoms with Crippen molar-refractivity contribution in [2.45, 2.75) is 19.0 Å². The number of para-hydroxylation sites is 1. The number of rotatable bonds is 6. The number of nitro benzene ring substituents is 1. The molecule has 0 saturated carbocycles. The van der Waals surface area contributed by atoms with Crippen LogP contribution in [0.3, 0.4) is 0 Å². The summed E-state index contributed by atoms with van der Waals surface area (Å²) in [6.07, 6.45) is -0.237. The summed E-state index contributed by atoms with van der Waals surface area (Å²) in [5, 5.41) is 11.6. The lowest BCUT2D eigenvalue weighted by molar-refractivity contribution is -0.384. The molecule has 1 fully saturated rings. The van der Waals surface area contributed by atoms with Crippen LogP contribution in [0, 0.1) is 10.1 Å². The number of anilines is 1. The van der Waals surface area contributed by atoms with Crippen LogP contribution in [0.15, 0.2) is 72.8 Å². The Kier molecular flexibility index (Phi) is 6.63. The van der Waals surface area contributed by atoms with Gasteiger partial charge in [-0.05, 0) is 35.9 Å². The second-order valence-electron chi connectivity index (χ2n) is 7.57. The zero-order valence-electron chi connectivity index (χ0n) is 17.6. The molecule has 8 nitrogen and oxygen atoms in total. The minimum absolute atomic E-state index is 0.0402. The van der Waals surface area contributed by atoms with Crippen molar-refractivity contribution in [1.82, 2.24) is 4.90 Å². The van der Waals surface area contributed by atoms with Gasteiger partial charge in [0.15, 0.2) is 0 Å². The number of nitrogens with zero attached hydrogens (tertiary/aromatic N) is 3. The smallest absolute Gasteiger partial charge is 0.288 e. The Bertz CT molecular complexity index is 1300. The standard InChI is InChI=1S/C24H17Cl2N3O5/c25-18-9-5-4-6-16(18)14-27(23(31)15-10-11-19(26)20(12-15)29(33)34)21-13-22(30)28(24(21)32)17-7-2-1-3-8-17/h1-12,21H,13-14H2. The van der Waals surface area contributed by atoms with Gasteiger partial charge >= 0.3 is 0 Å². The summed E-state index contributed by atoms with van der Waals surface area (Å²) >= 11 is 12.2. The van der Waals surface area contributed by atoms with Crippen LogP contribution >= 0.6 is 23.2 Å². The fraction of sp³-hybridized carbons (Fsp3) is 0.125. The van der Waals surface area contributed by atoms with Crippen molar-refractivity contribution in [2.24, 2.45) is 0 Å². The van der Waals surface area contributed by atoms with Crippen LogP contribution in [-0.4, -0.2) is 33.6 Å². The maximum Gasteiger partial charge on any atom is 0.288 e. The number of halogens is 2. The molecule has 172 valence electrons. The molecular formula is C24H17Cl2N3O5. The van der Waals surface area contributed by atoms with Crippen LogP contribution < -0.4 is 4.90 Å². The summed E-state index contributed by atoms with van der Waals surface area (Å²) in [6.45, 7) is -0.0821. The van der Waals surface area contributed by atoms with Crippen LogP contribution in [-0.2, 0) is 16.1 Å². The fourth-order valence-corrected chi connectivity index (χ4v) is 4.17. The monoisotopic (exact) mass is 497 g/mol. The van der Waals surface area contributed by atoms with E-state index in [-0.39, 0.29) is 23.6 Å². The van der Waals surface area contributed by atoms with Crippen molar-refractivity contribution >= 4 is 52.3 Å². The van der Waals surface area contributed by atoms with Crippen molar-refractivity contribution in [3.05, 3.63) is 104 Å². The maximum absolute atomic E-state index is 13.6. The zero-order valence-corrected chi connectivity index (χ0v) is 19.1. The van der Waals surface area contributed by atoms with Gasteiger partial charge in [0.25, 0.3) is 17.5 Å². The first-order valence-electron chi connectivity index (χ1n) is 10.2. The van der Waals surface area contributed by atoms with Gasteiger partial charge in [0.2, 0.25) is 5.91 Å². The Hall–Kier alpha value is -3.75. The summed E-state index contributed by atoms with van der Waals surface area (Å²) in [5.41, 5.74) is 0.471. The van der Waals surface area contributed by atoms with E-state index in [2.05, 4.69) is 0 Å². The van der Waals surface area contributed by atoms with Crippen LogP contribution in [0.2, 0.25) is 10.0 Å². The fourth-order valence-electron chi connectivity index (χ4n) is 3.79. The third-order valence-electron chi connectivity index (χ3n) is 5.46. The van der Waals surface area contributed by atoms with E-state index in [4.69, 9.17) is 23.2 Å². The molecule has 1 aliphatic heterocycles. The Morgan fingerprint density at radius 2 is 1.68 bits per heavy atom. The van der Waals surface area contributed by atoms with Crippen molar-refractivity contribution in [3.8, 4) is 0 Å². The molecule has 0 spiro atoms. The highest BCUT2D eigenvalue weighted by Gasteiger charge is 2.44. The van der Waals surface area contributed by atoms with Crippen LogP contribution in [0.4, 0.5) is 11.4 Å². The van der Waals surface area contributed by atoms with E-state index in [9.17, 15) is 24.5 Å². The van der Waals surface area contributed by atoms with Gasteiger partial charge in [-0.15, -0.1) is 0 Å². The number of hydrogen-bond acceptors (Lipinski definition) is 5. The highest BCUT2D eigenvalue weighted by atomic mass is 35.5. The van der Waals surface area contributed by atoms with Gasteiger partial charge in [-0.1, -0.05) is 59.6 Å². The lowest BCUT2D eigenvalue weighted by atomic mass is 10.1. The summed E-state index contributed by atoms with van der Waals surface area (Å²) < 4.78 is 0. The molecule has 4 rings (SSSR count). The van der Waals surface area contributed by atoms with E-state index >= 15 is 0 Å². The molecule has 0 bridgehead atoms. The van der Waals surface area contributed by atoms with E-state index in [1.165, 1.54) is 17.0 Å². The first kappa shape index (κ1) is 23.4. The molecular weight excluding hydrogens is 481 g/mol. The first-order chi connectivity index (χ1) is 16.3. The molecule has 10 heteroatoms. The first-order valence-corrected chi connectivity index (χ1v) is 10.9. The quantitative estimate of drug-likeness (QED) is 0.274. The van der Waals surface area contributed by atoms with E-state index in [1.54, 1.807) is 54.6 Å². The van der Waals surface area contributed by atoms with Gasteiger partial charge in [0, 0.05) is 23.2 Å². The zero-order chi connectivity index (χ0) is 24.4. The van der Waals surface area contributed by atoms with Gasteiger partial charge in [0.05, 0.1) is 17.0 Å². The molecule has 3 aromatic rings. The molecule has 0 aliphatic carbocycles. The van der Waals surface area contributed by atoms with Gasteiger partial charge < -0.3 is 4.90 Å². The Balaban J connectivity index is 1.75. The molecule has 0 aromatic heterocycles. The largest absolute Gasteiger partial charge is 0.322 e. The SMILES string of the molecule is O=C1CC(N(Cc2ccccc2Cl)C(=O)c2ccc(Cl)c([N+](=O)[O-])c2)C(=O)N1c1ccccc1. The number of carbonyl (C=O) groups excluding carboxylic acids is 3. The molecule has 3 amide bonds. The topological polar surface area (TPSA) is 101 Å². The second kappa shape index (κ2) is 9.62. The van der Waals surface area contributed by atoms with Crippen LogP contribution in [0.1, 0.15) is 22.3 Å².